The van der Waals surface area contributed by atoms with Crippen LogP contribution in [0.15, 0.2) is 30.3 Å². The fourth-order valence-electron chi connectivity index (χ4n) is 3.50. The average Bonchev–Trinajstić information content (AvgIpc) is 3.03. The summed E-state index contributed by atoms with van der Waals surface area (Å²) in [6.07, 6.45) is 4.12. The van der Waals surface area contributed by atoms with Gasteiger partial charge in [0.2, 0.25) is 0 Å². The van der Waals surface area contributed by atoms with Crippen LogP contribution in [0, 0.1) is 11.3 Å². The van der Waals surface area contributed by atoms with Gasteiger partial charge in [0.25, 0.3) is 0 Å². The minimum absolute atomic E-state index is 0.599. The van der Waals surface area contributed by atoms with Gasteiger partial charge in [-0.15, -0.1) is 0 Å². The van der Waals surface area contributed by atoms with Crippen LogP contribution in [-0.2, 0) is 6.54 Å². The van der Waals surface area contributed by atoms with Gasteiger partial charge < -0.3 is 5.73 Å². The Morgan fingerprint density at radius 1 is 1.29 bits per heavy atom. The highest BCUT2D eigenvalue weighted by atomic mass is 15.1. The predicted octanol–water partition coefficient (Wildman–Crippen LogP) is 2.25. The third kappa shape index (κ3) is 2.24. The highest BCUT2D eigenvalue weighted by Gasteiger charge is 2.54. The number of nitrogens with zero attached hydrogens (tertiary/aromatic N) is 1. The molecule has 0 radical (unpaired) electrons. The monoisotopic (exact) mass is 230 g/mol. The van der Waals surface area contributed by atoms with E-state index in [9.17, 15) is 0 Å². The first-order chi connectivity index (χ1) is 8.32. The zero-order valence-corrected chi connectivity index (χ0v) is 10.4. The molecule has 1 heterocycles. The number of likely N-dealkylation sites (tertiary alicyclic amines) is 1. The van der Waals surface area contributed by atoms with E-state index in [4.69, 9.17) is 5.73 Å². The molecule has 2 aliphatic rings. The lowest BCUT2D eigenvalue weighted by atomic mass is 9.92. The minimum atomic E-state index is 0.599. The fourth-order valence-corrected chi connectivity index (χ4v) is 3.50. The van der Waals surface area contributed by atoms with Gasteiger partial charge in [-0.2, -0.15) is 0 Å². The molecule has 1 spiro atoms. The van der Waals surface area contributed by atoms with E-state index in [1.165, 1.54) is 37.9 Å². The van der Waals surface area contributed by atoms with Crippen molar-refractivity contribution in [1.82, 2.24) is 4.90 Å². The van der Waals surface area contributed by atoms with E-state index >= 15 is 0 Å². The van der Waals surface area contributed by atoms with Gasteiger partial charge in [0.15, 0.2) is 0 Å². The molecule has 1 aromatic rings. The lowest BCUT2D eigenvalue weighted by molar-refractivity contribution is 0.144. The first-order valence-electron chi connectivity index (χ1n) is 6.79. The Balaban J connectivity index is 1.62. The topological polar surface area (TPSA) is 29.3 Å². The molecule has 17 heavy (non-hydrogen) atoms. The summed E-state index contributed by atoms with van der Waals surface area (Å²) in [6.45, 7) is 4.52. The van der Waals surface area contributed by atoms with E-state index < -0.39 is 0 Å². The van der Waals surface area contributed by atoms with Crippen LogP contribution in [0.3, 0.4) is 0 Å². The van der Waals surface area contributed by atoms with Crippen LogP contribution in [0.25, 0.3) is 0 Å². The van der Waals surface area contributed by atoms with Crippen molar-refractivity contribution in [1.29, 1.82) is 0 Å². The summed E-state index contributed by atoms with van der Waals surface area (Å²) in [5.74, 6) is 0.807. The summed E-state index contributed by atoms with van der Waals surface area (Å²) in [5.41, 5.74) is 7.86. The molecule has 1 aromatic carbocycles. The van der Waals surface area contributed by atoms with Gasteiger partial charge in [0.05, 0.1) is 0 Å². The van der Waals surface area contributed by atoms with Gasteiger partial charge in [-0.25, -0.2) is 0 Å². The molecule has 0 amide bonds. The average molecular weight is 230 g/mol. The van der Waals surface area contributed by atoms with Crippen molar-refractivity contribution in [3.63, 3.8) is 0 Å². The second kappa shape index (κ2) is 4.43. The zero-order chi connectivity index (χ0) is 11.7. The Kier molecular flexibility index (Phi) is 2.93. The van der Waals surface area contributed by atoms with Crippen LogP contribution in [-0.4, -0.2) is 24.5 Å². The highest BCUT2D eigenvalue weighted by molar-refractivity contribution is 5.15. The largest absolute Gasteiger partial charge is 0.330 e. The van der Waals surface area contributed by atoms with Crippen LogP contribution in [0.2, 0.25) is 0 Å². The number of benzene rings is 1. The smallest absolute Gasteiger partial charge is 0.0233 e. The molecule has 2 nitrogen and oxygen atoms in total. The summed E-state index contributed by atoms with van der Waals surface area (Å²) >= 11 is 0. The predicted molar refractivity (Wildman–Crippen MR) is 70.5 cm³/mol. The Morgan fingerprint density at radius 3 is 2.82 bits per heavy atom. The van der Waals surface area contributed by atoms with Crippen molar-refractivity contribution in [3.05, 3.63) is 35.9 Å². The van der Waals surface area contributed by atoms with Gasteiger partial charge in [-0.05, 0) is 49.2 Å². The molecular formula is C15H22N2. The van der Waals surface area contributed by atoms with Gasteiger partial charge in [-0.3, -0.25) is 4.90 Å². The van der Waals surface area contributed by atoms with E-state index in [1.807, 2.05) is 0 Å². The summed E-state index contributed by atoms with van der Waals surface area (Å²) in [6, 6.07) is 10.8. The maximum absolute atomic E-state index is 5.82. The van der Waals surface area contributed by atoms with Crippen molar-refractivity contribution in [3.8, 4) is 0 Å². The molecule has 0 unspecified atom stereocenters. The lowest BCUT2D eigenvalue weighted by Gasteiger charge is -2.33. The van der Waals surface area contributed by atoms with E-state index in [0.717, 1.165) is 19.0 Å². The zero-order valence-electron chi connectivity index (χ0n) is 10.4. The molecule has 3 rings (SSSR count). The van der Waals surface area contributed by atoms with Crippen LogP contribution >= 0.6 is 0 Å². The SMILES string of the molecule is NC[C@@H]1C[C@]12CCCN(Cc1ccccc1)C2. The molecule has 92 valence electrons. The van der Waals surface area contributed by atoms with Gasteiger partial charge >= 0.3 is 0 Å². The second-order valence-electron chi connectivity index (χ2n) is 5.80. The van der Waals surface area contributed by atoms with Gasteiger partial charge in [-0.1, -0.05) is 30.3 Å². The first-order valence-corrected chi connectivity index (χ1v) is 6.79. The van der Waals surface area contributed by atoms with Crippen molar-refractivity contribution < 1.29 is 0 Å². The molecule has 0 bridgehead atoms. The Labute approximate surface area is 104 Å². The number of nitrogens with two attached hydrogens (primary N) is 1. The minimum Gasteiger partial charge on any atom is -0.330 e. The number of piperidine rings is 1. The second-order valence-corrected chi connectivity index (χ2v) is 5.80. The van der Waals surface area contributed by atoms with Crippen LogP contribution in [0.4, 0.5) is 0 Å². The molecule has 2 N–H and O–H groups in total. The van der Waals surface area contributed by atoms with E-state index in [2.05, 4.69) is 35.2 Å². The van der Waals surface area contributed by atoms with E-state index in [0.29, 0.717) is 5.41 Å². The number of hydrogen-bond donors (Lipinski definition) is 1. The molecule has 1 saturated heterocycles. The standard InChI is InChI=1S/C15H22N2/c16-10-14-9-15(14)7-4-8-17(12-15)11-13-5-2-1-3-6-13/h1-3,5-6,14H,4,7-12,16H2/t14-,15-/m0/s1. The highest BCUT2D eigenvalue weighted by Crippen LogP contribution is 2.57. The van der Waals surface area contributed by atoms with Crippen molar-refractivity contribution >= 4 is 0 Å². The van der Waals surface area contributed by atoms with Gasteiger partial charge in [0.1, 0.15) is 0 Å². The fraction of sp³-hybridized carbons (Fsp3) is 0.600. The molecule has 1 aliphatic heterocycles. The van der Waals surface area contributed by atoms with Crippen LogP contribution in [0.1, 0.15) is 24.8 Å². The van der Waals surface area contributed by atoms with Crippen molar-refractivity contribution in [2.24, 2.45) is 17.1 Å². The maximum atomic E-state index is 5.82. The van der Waals surface area contributed by atoms with Gasteiger partial charge in [0, 0.05) is 13.1 Å². The van der Waals surface area contributed by atoms with Crippen molar-refractivity contribution in [2.75, 3.05) is 19.6 Å². The Bertz CT molecular complexity index is 376. The molecule has 2 atom stereocenters. The normalized spacial score (nSPS) is 32.9. The molecule has 2 fully saturated rings. The molecule has 1 aliphatic carbocycles. The molecule has 2 heteroatoms. The Morgan fingerprint density at radius 2 is 2.12 bits per heavy atom. The third-order valence-electron chi connectivity index (χ3n) is 4.58. The molecular weight excluding hydrogens is 208 g/mol. The Hall–Kier alpha value is -0.860. The molecule has 1 saturated carbocycles. The van der Waals surface area contributed by atoms with Crippen molar-refractivity contribution in [2.45, 2.75) is 25.8 Å². The quantitative estimate of drug-likeness (QED) is 0.863. The summed E-state index contributed by atoms with van der Waals surface area (Å²) in [7, 11) is 0. The molecule has 0 aromatic heterocycles. The first kappa shape index (κ1) is 11.2. The summed E-state index contributed by atoms with van der Waals surface area (Å²) < 4.78 is 0. The van der Waals surface area contributed by atoms with Crippen LogP contribution < -0.4 is 5.73 Å². The summed E-state index contributed by atoms with van der Waals surface area (Å²) in [4.78, 5) is 2.62. The maximum Gasteiger partial charge on any atom is 0.0233 e. The summed E-state index contributed by atoms with van der Waals surface area (Å²) in [5, 5.41) is 0. The lowest BCUT2D eigenvalue weighted by Crippen LogP contribution is -2.37. The third-order valence-corrected chi connectivity index (χ3v) is 4.58. The van der Waals surface area contributed by atoms with E-state index in [1.54, 1.807) is 0 Å². The number of hydrogen-bond acceptors (Lipinski definition) is 2. The number of rotatable bonds is 3. The van der Waals surface area contributed by atoms with E-state index in [-0.39, 0.29) is 0 Å². The van der Waals surface area contributed by atoms with Crippen LogP contribution in [0.5, 0.6) is 0 Å².